The molecule has 1 aromatic carbocycles. The van der Waals surface area contributed by atoms with E-state index in [1.807, 2.05) is 38.1 Å². The summed E-state index contributed by atoms with van der Waals surface area (Å²) in [5.74, 6) is -1.07. The monoisotopic (exact) mass is 289 g/mol. The molecule has 0 aliphatic carbocycles. The third-order valence-electron chi connectivity index (χ3n) is 3.39. The van der Waals surface area contributed by atoms with Crippen molar-refractivity contribution in [2.45, 2.75) is 32.9 Å². The van der Waals surface area contributed by atoms with Crippen LogP contribution in [0.4, 0.5) is 0 Å². The van der Waals surface area contributed by atoms with Crippen LogP contribution in [0.1, 0.15) is 20.3 Å². The maximum absolute atomic E-state index is 12.1. The molecule has 21 heavy (non-hydrogen) atoms. The SMILES string of the molecule is CC(C)C(CC(=O)O)NC(=O)Cn1cnc2ccccc21. The predicted molar refractivity (Wildman–Crippen MR) is 78.8 cm³/mol. The van der Waals surface area contributed by atoms with Gasteiger partial charge in [-0.25, -0.2) is 4.98 Å². The summed E-state index contributed by atoms with van der Waals surface area (Å²) in [4.78, 5) is 27.1. The molecule has 1 amide bonds. The van der Waals surface area contributed by atoms with E-state index in [0.29, 0.717) is 0 Å². The Morgan fingerprint density at radius 1 is 1.33 bits per heavy atom. The second-order valence-corrected chi connectivity index (χ2v) is 5.38. The van der Waals surface area contributed by atoms with Crippen molar-refractivity contribution in [1.82, 2.24) is 14.9 Å². The van der Waals surface area contributed by atoms with Crippen LogP contribution in [0, 0.1) is 5.92 Å². The molecular formula is C15H19N3O3. The summed E-state index contributed by atoms with van der Waals surface area (Å²) in [5.41, 5.74) is 1.71. The van der Waals surface area contributed by atoms with E-state index < -0.39 is 5.97 Å². The molecule has 0 aliphatic rings. The van der Waals surface area contributed by atoms with Crippen LogP contribution >= 0.6 is 0 Å². The van der Waals surface area contributed by atoms with E-state index in [9.17, 15) is 9.59 Å². The van der Waals surface area contributed by atoms with Crippen molar-refractivity contribution in [3.63, 3.8) is 0 Å². The molecule has 2 N–H and O–H groups in total. The molecule has 0 spiro atoms. The minimum atomic E-state index is -0.915. The van der Waals surface area contributed by atoms with Crippen LogP contribution in [0.15, 0.2) is 30.6 Å². The first-order valence-electron chi connectivity index (χ1n) is 6.88. The average molecular weight is 289 g/mol. The minimum Gasteiger partial charge on any atom is -0.481 e. The molecule has 0 saturated heterocycles. The molecule has 0 saturated carbocycles. The van der Waals surface area contributed by atoms with Gasteiger partial charge in [-0.05, 0) is 18.1 Å². The summed E-state index contributed by atoms with van der Waals surface area (Å²) < 4.78 is 1.75. The summed E-state index contributed by atoms with van der Waals surface area (Å²) in [6, 6.07) is 7.18. The predicted octanol–water partition coefficient (Wildman–Crippen LogP) is 1.65. The van der Waals surface area contributed by atoms with Gasteiger partial charge in [-0.2, -0.15) is 0 Å². The van der Waals surface area contributed by atoms with E-state index in [4.69, 9.17) is 5.11 Å². The Bertz CT molecular complexity index is 648. The standard InChI is InChI=1S/C15H19N3O3/c1-10(2)12(7-15(20)21)17-14(19)8-18-9-16-11-5-3-4-6-13(11)18/h3-6,9-10,12H,7-8H2,1-2H3,(H,17,19)(H,20,21). The van der Waals surface area contributed by atoms with Crippen molar-refractivity contribution >= 4 is 22.9 Å². The lowest BCUT2D eigenvalue weighted by Crippen LogP contribution is -2.41. The van der Waals surface area contributed by atoms with Crippen LogP contribution in [0.3, 0.4) is 0 Å². The number of rotatable bonds is 6. The number of benzene rings is 1. The number of hydrogen-bond donors (Lipinski definition) is 2. The van der Waals surface area contributed by atoms with Crippen molar-refractivity contribution in [3.05, 3.63) is 30.6 Å². The second-order valence-electron chi connectivity index (χ2n) is 5.38. The molecule has 6 nitrogen and oxygen atoms in total. The number of carboxylic acids is 1. The Hall–Kier alpha value is -2.37. The topological polar surface area (TPSA) is 84.2 Å². The van der Waals surface area contributed by atoms with Crippen molar-refractivity contribution in [2.75, 3.05) is 0 Å². The number of nitrogens with zero attached hydrogens (tertiary/aromatic N) is 2. The summed E-state index contributed by atoms with van der Waals surface area (Å²) in [6.07, 6.45) is 1.54. The van der Waals surface area contributed by atoms with E-state index in [-0.39, 0.29) is 30.8 Å². The fraction of sp³-hybridized carbons (Fsp3) is 0.400. The van der Waals surface area contributed by atoms with Crippen molar-refractivity contribution < 1.29 is 14.7 Å². The smallest absolute Gasteiger partial charge is 0.305 e. The van der Waals surface area contributed by atoms with Gasteiger partial charge in [0.05, 0.1) is 23.8 Å². The number of carboxylic acid groups (broad SMARTS) is 1. The number of aromatic nitrogens is 2. The van der Waals surface area contributed by atoms with Gasteiger partial charge in [-0.1, -0.05) is 26.0 Å². The van der Waals surface area contributed by atoms with E-state index >= 15 is 0 Å². The number of para-hydroxylation sites is 2. The first kappa shape index (κ1) is 15.0. The van der Waals surface area contributed by atoms with E-state index in [1.165, 1.54) is 0 Å². The zero-order valence-corrected chi connectivity index (χ0v) is 12.1. The Morgan fingerprint density at radius 2 is 2.05 bits per heavy atom. The lowest BCUT2D eigenvalue weighted by atomic mass is 10.0. The Balaban J connectivity index is 2.05. The van der Waals surface area contributed by atoms with Crippen LogP contribution in [-0.4, -0.2) is 32.6 Å². The molecule has 2 aromatic rings. The Kier molecular flexibility index (Phi) is 4.57. The van der Waals surface area contributed by atoms with Crippen LogP contribution in [0.25, 0.3) is 11.0 Å². The number of hydrogen-bond acceptors (Lipinski definition) is 3. The summed E-state index contributed by atoms with van der Waals surface area (Å²) in [7, 11) is 0. The lowest BCUT2D eigenvalue weighted by Gasteiger charge is -2.20. The summed E-state index contributed by atoms with van der Waals surface area (Å²) >= 11 is 0. The average Bonchev–Trinajstić information content (AvgIpc) is 2.81. The van der Waals surface area contributed by atoms with E-state index in [2.05, 4.69) is 10.3 Å². The molecule has 1 atom stereocenters. The van der Waals surface area contributed by atoms with Crippen LogP contribution in [0.5, 0.6) is 0 Å². The molecule has 1 unspecified atom stereocenters. The summed E-state index contributed by atoms with van der Waals surface area (Å²) in [5, 5.41) is 11.7. The third-order valence-corrected chi connectivity index (χ3v) is 3.39. The fourth-order valence-electron chi connectivity index (χ4n) is 2.18. The molecule has 1 heterocycles. The highest BCUT2D eigenvalue weighted by atomic mass is 16.4. The van der Waals surface area contributed by atoms with Gasteiger partial charge in [-0.15, -0.1) is 0 Å². The largest absolute Gasteiger partial charge is 0.481 e. The zero-order chi connectivity index (χ0) is 15.4. The van der Waals surface area contributed by atoms with Crippen LogP contribution in [0.2, 0.25) is 0 Å². The van der Waals surface area contributed by atoms with Gasteiger partial charge < -0.3 is 15.0 Å². The zero-order valence-electron chi connectivity index (χ0n) is 12.1. The van der Waals surface area contributed by atoms with Crippen molar-refractivity contribution in [3.8, 4) is 0 Å². The number of carbonyl (C=O) groups is 2. The van der Waals surface area contributed by atoms with Gasteiger partial charge in [0.1, 0.15) is 6.54 Å². The Morgan fingerprint density at radius 3 is 2.71 bits per heavy atom. The van der Waals surface area contributed by atoms with E-state index in [0.717, 1.165) is 11.0 Å². The maximum atomic E-state index is 12.1. The third kappa shape index (κ3) is 3.81. The first-order valence-corrected chi connectivity index (χ1v) is 6.88. The number of fused-ring (bicyclic) bond motifs is 1. The molecule has 0 aliphatic heterocycles. The number of imidazole rings is 1. The number of nitrogens with one attached hydrogen (secondary N) is 1. The van der Waals surface area contributed by atoms with Gasteiger partial charge in [0.15, 0.2) is 0 Å². The normalized spacial score (nSPS) is 12.5. The molecule has 0 radical (unpaired) electrons. The molecule has 6 heteroatoms. The molecular weight excluding hydrogens is 270 g/mol. The number of carbonyl (C=O) groups excluding carboxylic acids is 1. The molecule has 0 bridgehead atoms. The lowest BCUT2D eigenvalue weighted by molar-refractivity contribution is -0.138. The highest BCUT2D eigenvalue weighted by Crippen LogP contribution is 2.12. The van der Waals surface area contributed by atoms with Crippen molar-refractivity contribution in [1.29, 1.82) is 0 Å². The first-order chi connectivity index (χ1) is 9.97. The molecule has 112 valence electrons. The maximum Gasteiger partial charge on any atom is 0.305 e. The van der Waals surface area contributed by atoms with Crippen LogP contribution < -0.4 is 5.32 Å². The molecule has 0 fully saturated rings. The molecule has 1 aromatic heterocycles. The van der Waals surface area contributed by atoms with Crippen molar-refractivity contribution in [2.24, 2.45) is 5.92 Å². The minimum absolute atomic E-state index is 0.0598. The number of amides is 1. The van der Waals surface area contributed by atoms with Crippen LogP contribution in [-0.2, 0) is 16.1 Å². The quantitative estimate of drug-likeness (QED) is 0.847. The van der Waals surface area contributed by atoms with Gasteiger partial charge in [0.2, 0.25) is 5.91 Å². The van der Waals surface area contributed by atoms with Gasteiger partial charge in [0.25, 0.3) is 0 Å². The highest BCUT2D eigenvalue weighted by molar-refractivity contribution is 5.81. The second kappa shape index (κ2) is 6.39. The Labute approximate surface area is 122 Å². The molecule has 2 rings (SSSR count). The fourth-order valence-corrected chi connectivity index (χ4v) is 2.18. The van der Waals surface area contributed by atoms with Gasteiger partial charge >= 0.3 is 5.97 Å². The van der Waals surface area contributed by atoms with E-state index in [1.54, 1.807) is 10.9 Å². The number of aliphatic carboxylic acids is 1. The highest BCUT2D eigenvalue weighted by Gasteiger charge is 2.19. The summed E-state index contributed by atoms with van der Waals surface area (Å²) in [6.45, 7) is 3.91. The van der Waals surface area contributed by atoms with Gasteiger partial charge in [-0.3, -0.25) is 9.59 Å². The van der Waals surface area contributed by atoms with Gasteiger partial charge in [0, 0.05) is 6.04 Å².